The van der Waals surface area contributed by atoms with Crippen LogP contribution in [0.2, 0.25) is 0 Å². The van der Waals surface area contributed by atoms with Gasteiger partial charge in [0.15, 0.2) is 0 Å². The van der Waals surface area contributed by atoms with Gasteiger partial charge in [0.05, 0.1) is 13.2 Å². The minimum absolute atomic E-state index is 0.192. The highest BCUT2D eigenvalue weighted by Crippen LogP contribution is 2.17. The van der Waals surface area contributed by atoms with Crippen molar-refractivity contribution in [1.82, 2.24) is 10.2 Å². The van der Waals surface area contributed by atoms with Gasteiger partial charge in [0.1, 0.15) is 0 Å². The SMILES string of the molecule is CC(C)(C)NCCN1CCOCC1(C)C. The van der Waals surface area contributed by atoms with Crippen molar-refractivity contribution < 1.29 is 4.74 Å². The Bertz CT molecular complexity index is 196. The Balaban J connectivity index is 2.31. The van der Waals surface area contributed by atoms with Gasteiger partial charge in [-0.05, 0) is 34.6 Å². The van der Waals surface area contributed by atoms with E-state index in [0.717, 1.165) is 32.8 Å². The van der Waals surface area contributed by atoms with Crippen LogP contribution in [-0.2, 0) is 4.74 Å². The van der Waals surface area contributed by atoms with Crippen LogP contribution >= 0.6 is 0 Å². The van der Waals surface area contributed by atoms with Crippen LogP contribution in [0.1, 0.15) is 34.6 Å². The number of hydrogen-bond acceptors (Lipinski definition) is 3. The molecule has 0 amide bonds. The molecule has 1 saturated heterocycles. The lowest BCUT2D eigenvalue weighted by atomic mass is 10.0. The molecule has 0 aromatic carbocycles. The minimum atomic E-state index is 0.192. The van der Waals surface area contributed by atoms with Crippen molar-refractivity contribution in [3.05, 3.63) is 0 Å². The second kappa shape index (κ2) is 4.81. The molecule has 0 atom stereocenters. The maximum absolute atomic E-state index is 5.50. The largest absolute Gasteiger partial charge is 0.378 e. The Labute approximate surface area is 94.2 Å². The third kappa shape index (κ3) is 4.49. The highest BCUT2D eigenvalue weighted by Gasteiger charge is 2.29. The zero-order valence-electron chi connectivity index (χ0n) is 10.9. The van der Waals surface area contributed by atoms with Crippen LogP contribution in [-0.4, -0.2) is 48.8 Å². The average molecular weight is 214 g/mol. The molecule has 0 unspecified atom stereocenters. The van der Waals surface area contributed by atoms with Gasteiger partial charge in [0.2, 0.25) is 0 Å². The van der Waals surface area contributed by atoms with E-state index in [1.165, 1.54) is 0 Å². The Hall–Kier alpha value is -0.120. The predicted octanol–water partition coefficient (Wildman–Crippen LogP) is 1.49. The molecule has 0 aliphatic carbocycles. The zero-order valence-corrected chi connectivity index (χ0v) is 10.9. The fraction of sp³-hybridized carbons (Fsp3) is 1.00. The lowest BCUT2D eigenvalue weighted by Gasteiger charge is -2.42. The van der Waals surface area contributed by atoms with E-state index in [4.69, 9.17) is 4.74 Å². The van der Waals surface area contributed by atoms with Gasteiger partial charge in [-0.3, -0.25) is 4.90 Å². The van der Waals surface area contributed by atoms with Crippen LogP contribution in [0.3, 0.4) is 0 Å². The van der Waals surface area contributed by atoms with Gasteiger partial charge in [-0.2, -0.15) is 0 Å². The first-order valence-electron chi connectivity index (χ1n) is 5.89. The molecule has 0 bridgehead atoms. The molecule has 0 aromatic rings. The Morgan fingerprint density at radius 1 is 1.33 bits per heavy atom. The summed E-state index contributed by atoms with van der Waals surface area (Å²) in [6, 6.07) is 0. The highest BCUT2D eigenvalue weighted by molar-refractivity contribution is 4.85. The fourth-order valence-electron chi connectivity index (χ4n) is 1.87. The lowest BCUT2D eigenvalue weighted by Crippen LogP contribution is -2.55. The smallest absolute Gasteiger partial charge is 0.0645 e. The molecule has 1 heterocycles. The van der Waals surface area contributed by atoms with Crippen LogP contribution in [0.5, 0.6) is 0 Å². The predicted molar refractivity (Wildman–Crippen MR) is 64.2 cm³/mol. The van der Waals surface area contributed by atoms with Crippen LogP contribution in [0, 0.1) is 0 Å². The van der Waals surface area contributed by atoms with Crippen LogP contribution in [0.25, 0.3) is 0 Å². The Morgan fingerprint density at radius 2 is 2.00 bits per heavy atom. The summed E-state index contributed by atoms with van der Waals surface area (Å²) in [6.07, 6.45) is 0. The minimum Gasteiger partial charge on any atom is -0.378 e. The van der Waals surface area contributed by atoms with Crippen molar-refractivity contribution in [2.24, 2.45) is 0 Å². The number of nitrogens with zero attached hydrogens (tertiary/aromatic N) is 1. The van der Waals surface area contributed by atoms with Gasteiger partial charge in [0, 0.05) is 30.7 Å². The molecule has 1 aliphatic heterocycles. The maximum atomic E-state index is 5.50. The molecule has 1 rings (SSSR count). The summed E-state index contributed by atoms with van der Waals surface area (Å²) in [5.41, 5.74) is 0.411. The summed E-state index contributed by atoms with van der Waals surface area (Å²) < 4.78 is 5.50. The van der Waals surface area contributed by atoms with Crippen LogP contribution in [0.4, 0.5) is 0 Å². The number of rotatable bonds is 3. The van der Waals surface area contributed by atoms with Gasteiger partial charge in [0.25, 0.3) is 0 Å². The number of nitrogens with one attached hydrogen (secondary N) is 1. The van der Waals surface area contributed by atoms with Gasteiger partial charge in [-0.25, -0.2) is 0 Å². The number of ether oxygens (including phenoxy) is 1. The molecule has 0 spiro atoms. The zero-order chi connectivity index (χ0) is 11.5. The molecular formula is C12H26N2O. The monoisotopic (exact) mass is 214 g/mol. The Morgan fingerprint density at radius 3 is 2.53 bits per heavy atom. The topological polar surface area (TPSA) is 24.5 Å². The van der Waals surface area contributed by atoms with E-state index in [1.807, 2.05) is 0 Å². The molecule has 15 heavy (non-hydrogen) atoms. The number of hydrogen-bond donors (Lipinski definition) is 1. The van der Waals surface area contributed by atoms with Gasteiger partial charge in [-0.1, -0.05) is 0 Å². The average Bonchev–Trinajstić information content (AvgIpc) is 2.05. The van der Waals surface area contributed by atoms with E-state index in [1.54, 1.807) is 0 Å². The van der Waals surface area contributed by atoms with E-state index in [9.17, 15) is 0 Å². The van der Waals surface area contributed by atoms with E-state index in [2.05, 4.69) is 44.8 Å². The molecule has 3 nitrogen and oxygen atoms in total. The summed E-state index contributed by atoms with van der Waals surface area (Å²) in [5, 5.41) is 3.52. The van der Waals surface area contributed by atoms with Gasteiger partial charge in [-0.15, -0.1) is 0 Å². The molecule has 1 N–H and O–H groups in total. The van der Waals surface area contributed by atoms with Crippen LogP contribution < -0.4 is 5.32 Å². The summed E-state index contributed by atoms with van der Waals surface area (Å²) in [6.45, 7) is 16.1. The van der Waals surface area contributed by atoms with Crippen LogP contribution in [0.15, 0.2) is 0 Å². The molecule has 0 radical (unpaired) electrons. The lowest BCUT2D eigenvalue weighted by molar-refractivity contribution is -0.0504. The summed E-state index contributed by atoms with van der Waals surface area (Å²) >= 11 is 0. The Kier molecular flexibility index (Phi) is 4.15. The van der Waals surface area contributed by atoms with Gasteiger partial charge >= 0.3 is 0 Å². The van der Waals surface area contributed by atoms with Crippen molar-refractivity contribution in [3.63, 3.8) is 0 Å². The van der Waals surface area contributed by atoms with Crippen molar-refractivity contribution in [2.45, 2.75) is 45.7 Å². The highest BCUT2D eigenvalue weighted by atomic mass is 16.5. The molecule has 1 aliphatic rings. The second-order valence-corrected chi connectivity index (χ2v) is 6.03. The summed E-state index contributed by atoms with van der Waals surface area (Å²) in [4.78, 5) is 2.51. The third-order valence-electron chi connectivity index (χ3n) is 2.85. The van der Waals surface area contributed by atoms with Crippen molar-refractivity contribution in [3.8, 4) is 0 Å². The van der Waals surface area contributed by atoms with Crippen molar-refractivity contribution in [2.75, 3.05) is 32.8 Å². The normalized spacial score (nSPS) is 23.0. The first-order valence-corrected chi connectivity index (χ1v) is 5.89. The molecule has 90 valence electrons. The van der Waals surface area contributed by atoms with E-state index >= 15 is 0 Å². The van der Waals surface area contributed by atoms with Crippen molar-refractivity contribution >= 4 is 0 Å². The molecule has 0 saturated carbocycles. The molecule has 1 fully saturated rings. The number of morpholine rings is 1. The van der Waals surface area contributed by atoms with Crippen molar-refractivity contribution in [1.29, 1.82) is 0 Å². The first-order chi connectivity index (χ1) is 6.81. The van der Waals surface area contributed by atoms with E-state index in [-0.39, 0.29) is 11.1 Å². The van der Waals surface area contributed by atoms with E-state index in [0.29, 0.717) is 0 Å². The first kappa shape index (κ1) is 12.9. The maximum Gasteiger partial charge on any atom is 0.0645 e. The standard InChI is InChI=1S/C12H26N2O/c1-11(2,3)13-6-7-14-8-9-15-10-12(14,4)5/h13H,6-10H2,1-5H3. The molecular weight excluding hydrogens is 188 g/mol. The summed E-state index contributed by atoms with van der Waals surface area (Å²) in [7, 11) is 0. The van der Waals surface area contributed by atoms with E-state index < -0.39 is 0 Å². The third-order valence-corrected chi connectivity index (χ3v) is 2.85. The molecule has 0 aromatic heterocycles. The second-order valence-electron chi connectivity index (χ2n) is 6.03. The van der Waals surface area contributed by atoms with Gasteiger partial charge < -0.3 is 10.1 Å². The summed E-state index contributed by atoms with van der Waals surface area (Å²) in [5.74, 6) is 0. The fourth-order valence-corrected chi connectivity index (χ4v) is 1.87. The molecule has 3 heteroatoms. The quantitative estimate of drug-likeness (QED) is 0.770.